The number of piperidine rings is 1. The zero-order valence-corrected chi connectivity index (χ0v) is 18.6. The molecule has 1 fully saturated rings. The van der Waals surface area contributed by atoms with Gasteiger partial charge in [0.25, 0.3) is 0 Å². The van der Waals surface area contributed by atoms with Gasteiger partial charge in [-0.25, -0.2) is 9.97 Å². The highest BCUT2D eigenvalue weighted by Gasteiger charge is 2.23. The Labute approximate surface area is 192 Å². The second-order valence-electron chi connectivity index (χ2n) is 8.90. The molecule has 33 heavy (non-hydrogen) atoms. The molecule has 0 unspecified atom stereocenters. The zero-order chi connectivity index (χ0) is 22.4. The van der Waals surface area contributed by atoms with Gasteiger partial charge in [0.05, 0.1) is 47.5 Å². The van der Waals surface area contributed by atoms with Crippen LogP contribution >= 0.6 is 0 Å². The second kappa shape index (κ2) is 8.13. The maximum atomic E-state index is 9.73. The fraction of sp³-hybridized carbons (Fsp3) is 0.320. The van der Waals surface area contributed by atoms with Gasteiger partial charge in [-0.3, -0.25) is 9.38 Å². The molecule has 1 saturated heterocycles. The molecule has 0 saturated carbocycles. The number of nitrogens with zero attached hydrogens (tertiary/aromatic N) is 5. The highest BCUT2D eigenvalue weighted by Crippen LogP contribution is 2.33. The predicted octanol–water partition coefficient (Wildman–Crippen LogP) is 3.41. The fourth-order valence-corrected chi connectivity index (χ4v) is 4.79. The number of hydrogen-bond donors (Lipinski definition) is 3. The lowest BCUT2D eigenvalue weighted by atomic mass is 10.1. The van der Waals surface area contributed by atoms with Crippen molar-refractivity contribution >= 4 is 22.8 Å². The molecule has 8 heteroatoms. The minimum atomic E-state index is -0.175. The molecular formula is C25H27N7O. The molecule has 0 aromatic carbocycles. The van der Waals surface area contributed by atoms with Crippen LogP contribution in [0.4, 0.5) is 17.2 Å². The number of anilines is 3. The van der Waals surface area contributed by atoms with Crippen molar-refractivity contribution in [3.8, 4) is 11.4 Å². The first-order valence-electron chi connectivity index (χ1n) is 11.5. The number of hydrogen-bond acceptors (Lipinski definition) is 7. The summed E-state index contributed by atoms with van der Waals surface area (Å²) in [5, 5.41) is 16.7. The van der Waals surface area contributed by atoms with Crippen LogP contribution in [0.15, 0.2) is 49.1 Å². The van der Waals surface area contributed by atoms with Crippen LogP contribution in [0.1, 0.15) is 29.5 Å². The van der Waals surface area contributed by atoms with Crippen LogP contribution < -0.4 is 15.5 Å². The van der Waals surface area contributed by atoms with Crippen molar-refractivity contribution in [1.29, 1.82) is 0 Å². The van der Waals surface area contributed by atoms with Crippen molar-refractivity contribution in [1.82, 2.24) is 24.7 Å². The van der Waals surface area contributed by atoms with Gasteiger partial charge in [0, 0.05) is 37.9 Å². The predicted molar refractivity (Wildman–Crippen MR) is 129 cm³/mol. The molecule has 4 aromatic rings. The van der Waals surface area contributed by atoms with Crippen molar-refractivity contribution < 1.29 is 5.11 Å². The highest BCUT2D eigenvalue weighted by molar-refractivity contribution is 5.72. The van der Waals surface area contributed by atoms with Crippen LogP contribution in [-0.2, 0) is 13.1 Å². The van der Waals surface area contributed by atoms with E-state index in [0.717, 1.165) is 73.2 Å². The van der Waals surface area contributed by atoms with Crippen molar-refractivity contribution in [3.63, 3.8) is 0 Å². The summed E-state index contributed by atoms with van der Waals surface area (Å²) < 4.78 is 2.10. The van der Waals surface area contributed by atoms with Crippen LogP contribution in [-0.4, -0.2) is 43.7 Å². The van der Waals surface area contributed by atoms with E-state index >= 15 is 0 Å². The number of aromatic nitrogens is 4. The normalized spacial score (nSPS) is 16.4. The van der Waals surface area contributed by atoms with Gasteiger partial charge in [-0.1, -0.05) is 0 Å². The molecule has 3 N–H and O–H groups in total. The molecule has 0 atom stereocenters. The molecule has 4 aromatic heterocycles. The Morgan fingerprint density at radius 2 is 1.85 bits per heavy atom. The van der Waals surface area contributed by atoms with Gasteiger partial charge in [-0.15, -0.1) is 0 Å². The Morgan fingerprint density at radius 3 is 2.67 bits per heavy atom. The molecular weight excluding hydrogens is 414 g/mol. The van der Waals surface area contributed by atoms with Crippen LogP contribution in [0.5, 0.6) is 0 Å². The van der Waals surface area contributed by atoms with Gasteiger partial charge in [0.1, 0.15) is 11.5 Å². The Morgan fingerprint density at radius 1 is 1.00 bits per heavy atom. The average Bonchev–Trinajstić information content (AvgIpc) is 3.48. The summed E-state index contributed by atoms with van der Waals surface area (Å²) >= 11 is 0. The summed E-state index contributed by atoms with van der Waals surface area (Å²) in [5.41, 5.74) is 8.58. The Kier molecular flexibility index (Phi) is 4.96. The summed E-state index contributed by atoms with van der Waals surface area (Å²) in [5.74, 6) is 0.796. The third kappa shape index (κ3) is 3.71. The standard InChI is InChI=1S/C25H27N7O/c1-16-4-9-32-22(15-28-24(32)10-16)25-20-13-26-12-19(20)21(14-29-25)30-23-3-2-17(11-27-23)31-7-5-18(33)6-8-31/h2-4,9-11,14-15,18,26,33H,5-8,12-13H2,1H3,(H,27,30). The van der Waals surface area contributed by atoms with Gasteiger partial charge in [0.15, 0.2) is 0 Å². The monoisotopic (exact) mass is 441 g/mol. The Hall–Kier alpha value is -3.49. The lowest BCUT2D eigenvalue weighted by Gasteiger charge is -2.31. The third-order valence-electron chi connectivity index (χ3n) is 6.65. The van der Waals surface area contributed by atoms with E-state index in [-0.39, 0.29) is 6.10 Å². The number of nitrogens with one attached hydrogen (secondary N) is 2. The highest BCUT2D eigenvalue weighted by atomic mass is 16.3. The number of pyridine rings is 3. The van der Waals surface area contributed by atoms with Gasteiger partial charge >= 0.3 is 0 Å². The Bertz CT molecular complexity index is 1310. The SMILES string of the molecule is Cc1ccn2c(-c3ncc(Nc4ccc(N5CCC(O)CC5)cn4)c4c3CNC4)cnc2c1. The minimum absolute atomic E-state index is 0.175. The number of fused-ring (bicyclic) bond motifs is 2. The van der Waals surface area contributed by atoms with E-state index in [4.69, 9.17) is 4.98 Å². The summed E-state index contributed by atoms with van der Waals surface area (Å²) in [6.45, 7) is 5.37. The van der Waals surface area contributed by atoms with Crippen LogP contribution in [0.25, 0.3) is 17.0 Å². The van der Waals surface area contributed by atoms with Crippen molar-refractivity contribution in [2.45, 2.75) is 39.0 Å². The van der Waals surface area contributed by atoms with Gasteiger partial charge in [-0.2, -0.15) is 0 Å². The summed E-state index contributed by atoms with van der Waals surface area (Å²) in [6, 6.07) is 8.27. The molecule has 0 bridgehead atoms. The number of aliphatic hydroxyl groups excluding tert-OH is 1. The average molecular weight is 442 g/mol. The molecule has 0 aliphatic carbocycles. The number of aryl methyl sites for hydroxylation is 1. The lowest BCUT2D eigenvalue weighted by Crippen LogP contribution is -2.35. The molecule has 6 heterocycles. The van der Waals surface area contributed by atoms with E-state index in [9.17, 15) is 5.11 Å². The second-order valence-corrected chi connectivity index (χ2v) is 8.90. The van der Waals surface area contributed by atoms with E-state index in [0.29, 0.717) is 0 Å². The number of aliphatic hydroxyl groups is 1. The van der Waals surface area contributed by atoms with Crippen molar-refractivity contribution in [2.24, 2.45) is 0 Å². The molecule has 8 nitrogen and oxygen atoms in total. The number of rotatable bonds is 4. The van der Waals surface area contributed by atoms with Crippen molar-refractivity contribution in [2.75, 3.05) is 23.3 Å². The molecule has 168 valence electrons. The third-order valence-corrected chi connectivity index (χ3v) is 6.65. The van der Waals surface area contributed by atoms with Gasteiger partial charge < -0.3 is 20.6 Å². The Balaban J connectivity index is 1.27. The summed E-state index contributed by atoms with van der Waals surface area (Å²) in [7, 11) is 0. The topological polar surface area (TPSA) is 90.6 Å². The van der Waals surface area contributed by atoms with E-state index in [1.807, 2.05) is 24.7 Å². The summed E-state index contributed by atoms with van der Waals surface area (Å²) in [4.78, 5) is 16.3. The summed E-state index contributed by atoms with van der Waals surface area (Å²) in [6.07, 6.45) is 9.21. The smallest absolute Gasteiger partial charge is 0.137 e. The largest absolute Gasteiger partial charge is 0.393 e. The van der Waals surface area contributed by atoms with Gasteiger partial charge in [0.2, 0.25) is 0 Å². The fourth-order valence-electron chi connectivity index (χ4n) is 4.79. The first-order chi connectivity index (χ1) is 16.2. The lowest BCUT2D eigenvalue weighted by molar-refractivity contribution is 0.145. The molecule has 2 aliphatic heterocycles. The first-order valence-corrected chi connectivity index (χ1v) is 11.5. The molecule has 0 spiro atoms. The number of imidazole rings is 1. The maximum Gasteiger partial charge on any atom is 0.137 e. The van der Waals surface area contributed by atoms with Crippen LogP contribution in [0, 0.1) is 6.92 Å². The van der Waals surface area contributed by atoms with Crippen molar-refractivity contribution in [3.05, 3.63) is 65.7 Å². The molecule has 2 aliphatic rings. The van der Waals surface area contributed by atoms with E-state index in [1.165, 1.54) is 16.7 Å². The van der Waals surface area contributed by atoms with E-state index < -0.39 is 0 Å². The van der Waals surface area contributed by atoms with Gasteiger partial charge in [-0.05, 0) is 55.2 Å². The minimum Gasteiger partial charge on any atom is -0.393 e. The quantitative estimate of drug-likeness (QED) is 0.447. The molecule has 0 amide bonds. The zero-order valence-electron chi connectivity index (χ0n) is 18.6. The first kappa shape index (κ1) is 20.1. The van der Waals surface area contributed by atoms with E-state index in [2.05, 4.69) is 61.2 Å². The molecule has 0 radical (unpaired) electrons. The van der Waals surface area contributed by atoms with Crippen LogP contribution in [0.2, 0.25) is 0 Å². The molecule has 6 rings (SSSR count). The van der Waals surface area contributed by atoms with Crippen LogP contribution in [0.3, 0.4) is 0 Å². The van der Waals surface area contributed by atoms with E-state index in [1.54, 1.807) is 0 Å². The maximum absolute atomic E-state index is 9.73.